The smallest absolute Gasteiger partial charge is 0.162 e. The van der Waals surface area contributed by atoms with E-state index >= 15 is 0 Å². The van der Waals surface area contributed by atoms with E-state index in [1.54, 1.807) is 18.2 Å². The Morgan fingerprint density at radius 1 is 1.10 bits per heavy atom. The molecule has 2 rings (SSSR count). The van der Waals surface area contributed by atoms with Gasteiger partial charge in [-0.15, -0.1) is 0 Å². The Morgan fingerprint density at radius 2 is 1.90 bits per heavy atom. The van der Waals surface area contributed by atoms with Crippen LogP contribution in [0.4, 0.5) is 8.78 Å². The van der Waals surface area contributed by atoms with Crippen molar-refractivity contribution in [3.63, 3.8) is 0 Å². The molecule has 0 aliphatic rings. The van der Waals surface area contributed by atoms with Crippen molar-refractivity contribution in [2.24, 2.45) is 0 Å². The minimum Gasteiger partial charge on any atom is -0.495 e. The van der Waals surface area contributed by atoms with Gasteiger partial charge in [0.1, 0.15) is 24.2 Å². The third-order valence-corrected chi connectivity index (χ3v) is 2.68. The molecule has 0 saturated carbocycles. The monoisotopic (exact) mass is 275 g/mol. The van der Waals surface area contributed by atoms with Crippen LogP contribution in [0.1, 0.15) is 11.1 Å². The van der Waals surface area contributed by atoms with Gasteiger partial charge in [0.2, 0.25) is 0 Å². The second-order valence-electron chi connectivity index (χ2n) is 4.01. The number of ether oxygens (including phenoxy) is 2. The lowest BCUT2D eigenvalue weighted by Crippen LogP contribution is -1.98. The summed E-state index contributed by atoms with van der Waals surface area (Å²) in [4.78, 5) is 0. The fourth-order valence-corrected chi connectivity index (χ4v) is 1.67. The summed E-state index contributed by atoms with van der Waals surface area (Å²) in [6.45, 7) is 0.143. The summed E-state index contributed by atoms with van der Waals surface area (Å²) in [5, 5.41) is 8.96. The molecule has 0 radical (unpaired) electrons. The molecular weight excluding hydrogens is 264 g/mol. The molecule has 5 heteroatoms. The minimum absolute atomic E-state index is 0.143. The Bertz CT molecular complexity index is 665. The minimum atomic E-state index is -0.963. The molecular formula is C15H11F2NO2. The normalized spacial score (nSPS) is 9.90. The van der Waals surface area contributed by atoms with E-state index in [0.717, 1.165) is 17.7 Å². The first-order valence-corrected chi connectivity index (χ1v) is 5.79. The van der Waals surface area contributed by atoms with Crippen molar-refractivity contribution < 1.29 is 18.3 Å². The van der Waals surface area contributed by atoms with Crippen molar-refractivity contribution in [1.29, 1.82) is 5.26 Å². The van der Waals surface area contributed by atoms with Gasteiger partial charge in [0.25, 0.3) is 0 Å². The second-order valence-corrected chi connectivity index (χ2v) is 4.01. The maximum Gasteiger partial charge on any atom is 0.162 e. The number of nitrogens with zero attached hydrogens (tertiary/aromatic N) is 1. The summed E-state index contributed by atoms with van der Waals surface area (Å²) < 4.78 is 36.1. The highest BCUT2D eigenvalue weighted by Crippen LogP contribution is 2.21. The Morgan fingerprint density at radius 3 is 2.55 bits per heavy atom. The fraction of sp³-hybridized carbons (Fsp3) is 0.133. The van der Waals surface area contributed by atoms with Gasteiger partial charge in [0.05, 0.1) is 12.7 Å². The summed E-state index contributed by atoms with van der Waals surface area (Å²) in [6.07, 6.45) is 0. The molecule has 0 unspecified atom stereocenters. The average molecular weight is 275 g/mol. The molecule has 3 nitrogen and oxygen atoms in total. The lowest BCUT2D eigenvalue weighted by atomic mass is 10.1. The van der Waals surface area contributed by atoms with Gasteiger partial charge in [0, 0.05) is 6.07 Å². The molecule has 102 valence electrons. The second kappa shape index (κ2) is 6.02. The van der Waals surface area contributed by atoms with Crippen molar-refractivity contribution in [3.8, 4) is 17.6 Å². The van der Waals surface area contributed by atoms with Crippen molar-refractivity contribution in [2.75, 3.05) is 7.11 Å². The van der Waals surface area contributed by atoms with Crippen LogP contribution in [-0.2, 0) is 6.61 Å². The molecule has 0 aliphatic carbocycles. The Hall–Kier alpha value is -2.61. The molecule has 2 aromatic rings. The van der Waals surface area contributed by atoms with Gasteiger partial charge in [-0.25, -0.2) is 8.78 Å². The summed E-state index contributed by atoms with van der Waals surface area (Å²) in [5.41, 5.74) is 1.12. The van der Waals surface area contributed by atoms with Crippen LogP contribution in [0.3, 0.4) is 0 Å². The van der Waals surface area contributed by atoms with Crippen molar-refractivity contribution >= 4 is 0 Å². The zero-order valence-electron chi connectivity index (χ0n) is 10.7. The molecule has 2 aromatic carbocycles. The fourth-order valence-electron chi connectivity index (χ4n) is 1.67. The topological polar surface area (TPSA) is 42.2 Å². The van der Waals surface area contributed by atoms with Crippen molar-refractivity contribution in [1.82, 2.24) is 0 Å². The SMILES string of the molecule is COc1ccc(COc2ccc(F)c(F)c2)cc1C#N. The zero-order chi connectivity index (χ0) is 14.5. The molecule has 0 amide bonds. The molecule has 20 heavy (non-hydrogen) atoms. The largest absolute Gasteiger partial charge is 0.495 e. The van der Waals surface area contributed by atoms with Gasteiger partial charge in [-0.1, -0.05) is 6.07 Å². The third kappa shape index (κ3) is 3.04. The van der Waals surface area contributed by atoms with E-state index in [-0.39, 0.29) is 12.4 Å². The van der Waals surface area contributed by atoms with E-state index in [1.807, 2.05) is 6.07 Å². The molecule has 0 aliphatic heterocycles. The number of benzene rings is 2. The number of methoxy groups -OCH3 is 1. The van der Waals surface area contributed by atoms with Gasteiger partial charge in [-0.2, -0.15) is 5.26 Å². The Balaban J connectivity index is 2.11. The van der Waals surface area contributed by atoms with E-state index in [2.05, 4.69) is 0 Å². The number of nitriles is 1. The highest BCUT2D eigenvalue weighted by molar-refractivity contribution is 5.45. The van der Waals surface area contributed by atoms with Crippen molar-refractivity contribution in [2.45, 2.75) is 6.61 Å². The molecule has 0 fully saturated rings. The quantitative estimate of drug-likeness (QED) is 0.858. The predicted molar refractivity (Wildman–Crippen MR) is 68.4 cm³/mol. The Kier molecular flexibility index (Phi) is 4.16. The first kappa shape index (κ1) is 13.8. The third-order valence-electron chi connectivity index (χ3n) is 2.68. The lowest BCUT2D eigenvalue weighted by Gasteiger charge is -2.08. The van der Waals surface area contributed by atoms with Crippen molar-refractivity contribution in [3.05, 3.63) is 59.2 Å². The van der Waals surface area contributed by atoms with Gasteiger partial charge < -0.3 is 9.47 Å². The molecule has 0 atom stereocenters. The molecule has 0 N–H and O–H groups in total. The lowest BCUT2D eigenvalue weighted by molar-refractivity contribution is 0.303. The van der Waals surface area contributed by atoms with Crippen LogP contribution in [0, 0.1) is 23.0 Å². The van der Waals surface area contributed by atoms with E-state index in [4.69, 9.17) is 14.7 Å². The van der Waals surface area contributed by atoms with Gasteiger partial charge in [0.15, 0.2) is 11.6 Å². The average Bonchev–Trinajstić information content (AvgIpc) is 2.48. The molecule has 0 saturated heterocycles. The summed E-state index contributed by atoms with van der Waals surface area (Å²) in [7, 11) is 1.48. The Labute approximate surface area is 115 Å². The summed E-state index contributed by atoms with van der Waals surface area (Å²) in [5.74, 6) is -1.19. The number of halogens is 2. The molecule has 0 spiro atoms. The van der Waals surface area contributed by atoms with Crippen LogP contribution in [0.5, 0.6) is 11.5 Å². The van der Waals surface area contributed by atoms with Crippen LogP contribution in [0.2, 0.25) is 0 Å². The van der Waals surface area contributed by atoms with Crippen LogP contribution < -0.4 is 9.47 Å². The zero-order valence-corrected chi connectivity index (χ0v) is 10.7. The molecule has 0 heterocycles. The maximum atomic E-state index is 13.0. The van der Waals surface area contributed by atoms with Gasteiger partial charge in [-0.05, 0) is 29.8 Å². The van der Waals surface area contributed by atoms with Gasteiger partial charge in [-0.3, -0.25) is 0 Å². The maximum absolute atomic E-state index is 13.0. The first-order chi connectivity index (χ1) is 9.63. The number of rotatable bonds is 4. The van der Waals surface area contributed by atoms with Crippen LogP contribution in [0.25, 0.3) is 0 Å². The number of hydrogen-bond acceptors (Lipinski definition) is 3. The van der Waals surface area contributed by atoms with E-state index in [1.165, 1.54) is 13.2 Å². The highest BCUT2D eigenvalue weighted by atomic mass is 19.2. The van der Waals surface area contributed by atoms with E-state index in [9.17, 15) is 8.78 Å². The molecule has 0 aromatic heterocycles. The summed E-state index contributed by atoms with van der Waals surface area (Å²) >= 11 is 0. The highest BCUT2D eigenvalue weighted by Gasteiger charge is 2.06. The summed E-state index contributed by atoms with van der Waals surface area (Å²) in [6, 6.07) is 10.3. The molecule has 0 bridgehead atoms. The standard InChI is InChI=1S/C15H11F2NO2/c1-19-15-5-2-10(6-11(15)8-18)9-20-12-3-4-13(16)14(17)7-12/h2-7H,9H2,1H3. The van der Waals surface area contributed by atoms with E-state index < -0.39 is 11.6 Å². The van der Waals surface area contributed by atoms with Crippen LogP contribution in [-0.4, -0.2) is 7.11 Å². The van der Waals surface area contributed by atoms with E-state index in [0.29, 0.717) is 11.3 Å². The van der Waals surface area contributed by atoms with Gasteiger partial charge >= 0.3 is 0 Å². The van der Waals surface area contributed by atoms with Crippen LogP contribution >= 0.6 is 0 Å². The number of hydrogen-bond donors (Lipinski definition) is 0. The first-order valence-electron chi connectivity index (χ1n) is 5.79. The predicted octanol–water partition coefficient (Wildman–Crippen LogP) is 3.42. The van der Waals surface area contributed by atoms with Crippen LogP contribution in [0.15, 0.2) is 36.4 Å².